The number of rotatable bonds is 8. The minimum atomic E-state index is -0.400. The van der Waals surface area contributed by atoms with Gasteiger partial charge in [-0.2, -0.15) is 10.4 Å². The van der Waals surface area contributed by atoms with Crippen LogP contribution in [0.5, 0.6) is 0 Å². The highest BCUT2D eigenvalue weighted by atomic mass is 35.5. The lowest BCUT2D eigenvalue weighted by Crippen LogP contribution is -2.26. The molecule has 5 nitrogen and oxygen atoms in total. The fourth-order valence-electron chi connectivity index (χ4n) is 3.59. The van der Waals surface area contributed by atoms with E-state index in [0.29, 0.717) is 35.8 Å². The van der Waals surface area contributed by atoms with Crippen LogP contribution in [-0.2, 0) is 17.8 Å². The number of nitrogens with zero attached hydrogens (tertiary/aromatic N) is 3. The molecule has 0 saturated carbocycles. The maximum atomic E-state index is 12.7. The summed E-state index contributed by atoms with van der Waals surface area (Å²) in [4.78, 5) is 12.7. The summed E-state index contributed by atoms with van der Waals surface area (Å²) in [6, 6.07) is 29.2. The summed E-state index contributed by atoms with van der Waals surface area (Å²) in [5, 5.41) is 17.9. The van der Waals surface area contributed by atoms with E-state index >= 15 is 0 Å². The summed E-state index contributed by atoms with van der Waals surface area (Å²) in [7, 11) is 0. The summed E-state index contributed by atoms with van der Waals surface area (Å²) in [5.41, 5.74) is 4.53. The standard InChI is InChI=1S/C28H23ClN4O/c29-26-13-11-22(12-14-26)19-33-20-25(27(32-33)23-9-5-2-6-10-23)17-24(18-30)28(34)31-16-15-21-7-3-1-4-8-21/h1-14,17,20H,15-16,19H2,(H,31,34)/b24-17-. The largest absolute Gasteiger partial charge is 0.351 e. The zero-order valence-corrected chi connectivity index (χ0v) is 19.2. The molecular weight excluding hydrogens is 444 g/mol. The van der Waals surface area contributed by atoms with Crippen molar-refractivity contribution in [3.8, 4) is 17.3 Å². The first-order chi connectivity index (χ1) is 16.6. The molecule has 0 saturated heterocycles. The molecule has 0 bridgehead atoms. The maximum Gasteiger partial charge on any atom is 0.261 e. The number of benzene rings is 3. The molecule has 0 fully saturated rings. The summed E-state index contributed by atoms with van der Waals surface area (Å²) in [5.74, 6) is -0.400. The summed E-state index contributed by atoms with van der Waals surface area (Å²) in [6.07, 6.45) is 4.15. The molecule has 0 atom stereocenters. The fraction of sp³-hybridized carbons (Fsp3) is 0.107. The van der Waals surface area contributed by atoms with Crippen molar-refractivity contribution in [2.24, 2.45) is 0 Å². The number of carbonyl (C=O) groups is 1. The lowest BCUT2D eigenvalue weighted by atomic mass is 10.1. The molecule has 0 spiro atoms. The predicted octanol–water partition coefficient (Wildman–Crippen LogP) is 5.52. The van der Waals surface area contributed by atoms with Crippen molar-refractivity contribution in [2.45, 2.75) is 13.0 Å². The van der Waals surface area contributed by atoms with Crippen molar-refractivity contribution >= 4 is 23.6 Å². The van der Waals surface area contributed by atoms with E-state index in [1.807, 2.05) is 97.2 Å². The molecule has 1 N–H and O–H groups in total. The Bertz CT molecular complexity index is 1320. The number of nitriles is 1. The molecule has 0 aliphatic heterocycles. The van der Waals surface area contributed by atoms with Crippen molar-refractivity contribution in [2.75, 3.05) is 6.54 Å². The maximum absolute atomic E-state index is 12.7. The third kappa shape index (κ3) is 6.00. The Hall–Kier alpha value is -4.14. The van der Waals surface area contributed by atoms with Crippen LogP contribution in [0.25, 0.3) is 17.3 Å². The Kier molecular flexibility index (Phi) is 7.54. The van der Waals surface area contributed by atoms with E-state index < -0.39 is 5.91 Å². The van der Waals surface area contributed by atoms with Crippen LogP contribution < -0.4 is 5.32 Å². The van der Waals surface area contributed by atoms with Gasteiger partial charge in [-0.1, -0.05) is 84.4 Å². The molecule has 0 aliphatic carbocycles. The van der Waals surface area contributed by atoms with Crippen LogP contribution in [0.4, 0.5) is 0 Å². The zero-order chi connectivity index (χ0) is 23.8. The monoisotopic (exact) mass is 466 g/mol. The van der Waals surface area contributed by atoms with Crippen LogP contribution in [0.15, 0.2) is 96.7 Å². The van der Waals surface area contributed by atoms with E-state index in [0.717, 1.165) is 16.7 Å². The minimum Gasteiger partial charge on any atom is -0.351 e. The number of nitrogens with one attached hydrogen (secondary N) is 1. The lowest BCUT2D eigenvalue weighted by Gasteiger charge is -2.05. The van der Waals surface area contributed by atoms with E-state index in [2.05, 4.69) is 5.32 Å². The van der Waals surface area contributed by atoms with E-state index in [4.69, 9.17) is 16.7 Å². The Labute approximate surface area is 203 Å². The lowest BCUT2D eigenvalue weighted by molar-refractivity contribution is -0.117. The molecule has 4 rings (SSSR count). The van der Waals surface area contributed by atoms with E-state index in [1.165, 1.54) is 0 Å². The van der Waals surface area contributed by atoms with Crippen LogP contribution in [0.1, 0.15) is 16.7 Å². The molecule has 0 radical (unpaired) electrons. The Morgan fingerprint density at radius 2 is 1.65 bits per heavy atom. The van der Waals surface area contributed by atoms with Gasteiger partial charge >= 0.3 is 0 Å². The topological polar surface area (TPSA) is 70.7 Å². The summed E-state index contributed by atoms with van der Waals surface area (Å²) in [6.45, 7) is 0.985. The van der Waals surface area contributed by atoms with Crippen molar-refractivity contribution < 1.29 is 4.79 Å². The third-order valence-corrected chi connectivity index (χ3v) is 5.55. The Balaban J connectivity index is 1.57. The number of amides is 1. The van der Waals surface area contributed by atoms with Crippen LogP contribution in [0.2, 0.25) is 5.02 Å². The Morgan fingerprint density at radius 1 is 0.971 bits per heavy atom. The molecule has 1 amide bonds. The van der Waals surface area contributed by atoms with Gasteiger partial charge in [-0.25, -0.2) is 0 Å². The molecule has 3 aromatic carbocycles. The van der Waals surface area contributed by atoms with Gasteiger partial charge in [-0.05, 0) is 35.8 Å². The zero-order valence-electron chi connectivity index (χ0n) is 18.5. The first-order valence-electron chi connectivity index (χ1n) is 10.9. The number of carbonyl (C=O) groups excluding carboxylic acids is 1. The number of halogens is 1. The molecule has 1 heterocycles. The second-order valence-corrected chi connectivity index (χ2v) is 8.22. The van der Waals surface area contributed by atoms with Gasteiger partial charge in [0, 0.05) is 28.9 Å². The number of hydrogen-bond acceptors (Lipinski definition) is 3. The van der Waals surface area contributed by atoms with Gasteiger partial charge in [0.05, 0.1) is 12.2 Å². The fourth-order valence-corrected chi connectivity index (χ4v) is 3.71. The van der Waals surface area contributed by atoms with Gasteiger partial charge in [-0.15, -0.1) is 0 Å². The van der Waals surface area contributed by atoms with Crippen LogP contribution in [0, 0.1) is 11.3 Å². The molecule has 34 heavy (non-hydrogen) atoms. The van der Waals surface area contributed by atoms with Crippen molar-refractivity contribution in [3.63, 3.8) is 0 Å². The van der Waals surface area contributed by atoms with Crippen LogP contribution >= 0.6 is 11.6 Å². The van der Waals surface area contributed by atoms with E-state index in [9.17, 15) is 10.1 Å². The van der Waals surface area contributed by atoms with Crippen molar-refractivity contribution in [3.05, 3.63) is 118 Å². The van der Waals surface area contributed by atoms with Crippen LogP contribution in [-0.4, -0.2) is 22.2 Å². The van der Waals surface area contributed by atoms with Crippen molar-refractivity contribution in [1.82, 2.24) is 15.1 Å². The molecule has 0 aliphatic rings. The second kappa shape index (κ2) is 11.1. The van der Waals surface area contributed by atoms with Crippen LogP contribution in [0.3, 0.4) is 0 Å². The Morgan fingerprint density at radius 3 is 2.32 bits per heavy atom. The molecule has 6 heteroatoms. The average molecular weight is 467 g/mol. The highest BCUT2D eigenvalue weighted by molar-refractivity contribution is 6.30. The van der Waals surface area contributed by atoms with Gasteiger partial charge in [0.2, 0.25) is 0 Å². The smallest absolute Gasteiger partial charge is 0.261 e. The second-order valence-electron chi connectivity index (χ2n) is 7.78. The van der Waals surface area contributed by atoms with Gasteiger partial charge in [0.15, 0.2) is 0 Å². The summed E-state index contributed by atoms with van der Waals surface area (Å²) >= 11 is 6.00. The van der Waals surface area contributed by atoms with E-state index in [-0.39, 0.29) is 5.57 Å². The molecule has 4 aromatic rings. The molecule has 0 unspecified atom stereocenters. The van der Waals surface area contributed by atoms with Gasteiger partial charge in [0.1, 0.15) is 11.6 Å². The highest BCUT2D eigenvalue weighted by Crippen LogP contribution is 2.25. The molecule has 168 valence electrons. The van der Waals surface area contributed by atoms with Gasteiger partial charge in [0.25, 0.3) is 5.91 Å². The first kappa shape index (κ1) is 23.0. The predicted molar refractivity (Wildman–Crippen MR) is 135 cm³/mol. The average Bonchev–Trinajstić information content (AvgIpc) is 3.27. The first-order valence-corrected chi connectivity index (χ1v) is 11.3. The van der Waals surface area contributed by atoms with Gasteiger partial charge in [-0.3, -0.25) is 9.48 Å². The molecular formula is C28H23ClN4O. The van der Waals surface area contributed by atoms with Crippen molar-refractivity contribution in [1.29, 1.82) is 5.26 Å². The molecule has 1 aromatic heterocycles. The van der Waals surface area contributed by atoms with Gasteiger partial charge < -0.3 is 5.32 Å². The number of hydrogen-bond donors (Lipinski definition) is 1. The normalized spacial score (nSPS) is 11.1. The highest BCUT2D eigenvalue weighted by Gasteiger charge is 2.14. The number of aromatic nitrogens is 2. The van der Waals surface area contributed by atoms with E-state index in [1.54, 1.807) is 10.8 Å². The third-order valence-electron chi connectivity index (χ3n) is 5.30. The minimum absolute atomic E-state index is 0.0382. The quantitative estimate of drug-likeness (QED) is 0.274. The summed E-state index contributed by atoms with van der Waals surface area (Å²) < 4.78 is 1.81. The SMILES string of the molecule is N#C/C(=C/c1cn(Cc2ccc(Cl)cc2)nc1-c1ccccc1)C(=O)NCCc1ccccc1.